The fourth-order valence-corrected chi connectivity index (χ4v) is 2.44. The summed E-state index contributed by atoms with van der Waals surface area (Å²) in [6, 6.07) is 7.36. The first-order valence-corrected chi connectivity index (χ1v) is 7.52. The molecule has 1 aromatic carbocycles. The topological polar surface area (TPSA) is 58.6 Å². The highest BCUT2D eigenvalue weighted by atomic mass is 16.5. The lowest BCUT2D eigenvalue weighted by molar-refractivity contribution is -0.123. The van der Waals surface area contributed by atoms with E-state index < -0.39 is 0 Å². The van der Waals surface area contributed by atoms with Crippen molar-refractivity contribution in [3.05, 3.63) is 24.3 Å². The minimum absolute atomic E-state index is 0.0180. The molecule has 1 saturated heterocycles. The van der Waals surface area contributed by atoms with Crippen LogP contribution in [-0.4, -0.2) is 31.5 Å². The molecule has 0 spiro atoms. The summed E-state index contributed by atoms with van der Waals surface area (Å²) in [6.45, 7) is 1.53. The summed E-state index contributed by atoms with van der Waals surface area (Å²) < 4.78 is 5.51. The van der Waals surface area contributed by atoms with Crippen LogP contribution in [-0.2, 0) is 9.59 Å². The lowest BCUT2D eigenvalue weighted by Crippen LogP contribution is -2.30. The van der Waals surface area contributed by atoms with Crippen LogP contribution in [0.1, 0.15) is 25.7 Å². The van der Waals surface area contributed by atoms with Crippen LogP contribution in [0, 0.1) is 5.92 Å². The van der Waals surface area contributed by atoms with E-state index in [0.29, 0.717) is 18.1 Å². The van der Waals surface area contributed by atoms with Crippen molar-refractivity contribution < 1.29 is 14.3 Å². The molecule has 5 nitrogen and oxygen atoms in total. The predicted octanol–water partition coefficient (Wildman–Crippen LogP) is 1.72. The normalized spacial score (nSPS) is 17.9. The Hall–Kier alpha value is -2.04. The van der Waals surface area contributed by atoms with E-state index in [4.69, 9.17) is 4.74 Å². The summed E-state index contributed by atoms with van der Waals surface area (Å²) in [7, 11) is 0. The Balaban J connectivity index is 1.52. The maximum atomic E-state index is 11.7. The van der Waals surface area contributed by atoms with Gasteiger partial charge < -0.3 is 15.0 Å². The predicted molar refractivity (Wildman–Crippen MR) is 79.3 cm³/mol. The number of benzene rings is 1. The molecule has 2 amide bonds. The van der Waals surface area contributed by atoms with Crippen molar-refractivity contribution in [1.82, 2.24) is 5.32 Å². The second kappa shape index (κ2) is 6.16. The Morgan fingerprint density at radius 1 is 1.38 bits per heavy atom. The van der Waals surface area contributed by atoms with Gasteiger partial charge in [0.15, 0.2) is 6.61 Å². The van der Waals surface area contributed by atoms with Crippen LogP contribution in [0.2, 0.25) is 0 Å². The highest BCUT2D eigenvalue weighted by Crippen LogP contribution is 2.27. The van der Waals surface area contributed by atoms with E-state index in [0.717, 1.165) is 25.2 Å². The summed E-state index contributed by atoms with van der Waals surface area (Å²) >= 11 is 0. The van der Waals surface area contributed by atoms with Crippen molar-refractivity contribution in [3.8, 4) is 5.75 Å². The number of ether oxygens (including phenoxy) is 1. The van der Waals surface area contributed by atoms with Gasteiger partial charge in [-0.25, -0.2) is 0 Å². The molecule has 1 N–H and O–H groups in total. The molecular weight excluding hydrogens is 268 g/mol. The molecule has 112 valence electrons. The standard InChI is InChI=1S/C16H20N2O3/c19-15(17-10-12-6-7-12)11-21-14-4-1-3-13(9-14)18-8-2-5-16(18)20/h1,3-4,9,12H,2,5-8,10-11H2,(H,17,19). The van der Waals surface area contributed by atoms with E-state index in [1.807, 2.05) is 18.2 Å². The summed E-state index contributed by atoms with van der Waals surface area (Å²) in [5, 5.41) is 2.86. The molecule has 1 aliphatic heterocycles. The molecule has 0 bridgehead atoms. The molecular formula is C16H20N2O3. The van der Waals surface area contributed by atoms with Crippen LogP contribution in [0.5, 0.6) is 5.75 Å². The van der Waals surface area contributed by atoms with E-state index in [-0.39, 0.29) is 18.4 Å². The van der Waals surface area contributed by atoms with Gasteiger partial charge in [-0.2, -0.15) is 0 Å². The van der Waals surface area contributed by atoms with E-state index in [1.165, 1.54) is 12.8 Å². The average Bonchev–Trinajstić information content (AvgIpc) is 3.23. The van der Waals surface area contributed by atoms with Gasteiger partial charge in [0.2, 0.25) is 5.91 Å². The van der Waals surface area contributed by atoms with Gasteiger partial charge in [0.05, 0.1) is 0 Å². The third-order valence-corrected chi connectivity index (χ3v) is 3.86. The maximum Gasteiger partial charge on any atom is 0.257 e. The number of carbonyl (C=O) groups is 2. The van der Waals surface area contributed by atoms with Gasteiger partial charge in [-0.05, 0) is 37.3 Å². The van der Waals surface area contributed by atoms with Gasteiger partial charge >= 0.3 is 0 Å². The summed E-state index contributed by atoms with van der Waals surface area (Å²) in [6.07, 6.45) is 3.93. The van der Waals surface area contributed by atoms with Crippen molar-refractivity contribution in [2.45, 2.75) is 25.7 Å². The van der Waals surface area contributed by atoms with Gasteiger partial charge in [0.1, 0.15) is 5.75 Å². The number of hydrogen-bond donors (Lipinski definition) is 1. The third kappa shape index (κ3) is 3.74. The summed E-state index contributed by atoms with van der Waals surface area (Å²) in [5.74, 6) is 1.34. The SMILES string of the molecule is O=C(COc1cccc(N2CCCC2=O)c1)NCC1CC1. The van der Waals surface area contributed by atoms with Crippen molar-refractivity contribution in [3.63, 3.8) is 0 Å². The van der Waals surface area contributed by atoms with Gasteiger partial charge in [0, 0.05) is 31.3 Å². The van der Waals surface area contributed by atoms with Crippen LogP contribution in [0.3, 0.4) is 0 Å². The number of amides is 2. The van der Waals surface area contributed by atoms with Crippen molar-refractivity contribution in [2.75, 3.05) is 24.6 Å². The van der Waals surface area contributed by atoms with Gasteiger partial charge in [0.25, 0.3) is 5.91 Å². The summed E-state index contributed by atoms with van der Waals surface area (Å²) in [4.78, 5) is 25.1. The first-order chi connectivity index (χ1) is 10.2. The molecule has 2 fully saturated rings. The van der Waals surface area contributed by atoms with Crippen molar-refractivity contribution in [1.29, 1.82) is 0 Å². The van der Waals surface area contributed by atoms with E-state index in [2.05, 4.69) is 5.32 Å². The Morgan fingerprint density at radius 3 is 2.95 bits per heavy atom. The Morgan fingerprint density at radius 2 is 2.24 bits per heavy atom. The number of carbonyl (C=O) groups excluding carboxylic acids is 2. The first-order valence-electron chi connectivity index (χ1n) is 7.52. The molecule has 21 heavy (non-hydrogen) atoms. The fourth-order valence-electron chi connectivity index (χ4n) is 2.44. The Kier molecular flexibility index (Phi) is 4.08. The minimum atomic E-state index is -0.0930. The van der Waals surface area contributed by atoms with Gasteiger partial charge in [-0.3, -0.25) is 9.59 Å². The molecule has 2 aliphatic rings. The summed E-state index contributed by atoms with van der Waals surface area (Å²) in [5.41, 5.74) is 0.841. The first kappa shape index (κ1) is 13.9. The van der Waals surface area contributed by atoms with Crippen LogP contribution in [0.15, 0.2) is 24.3 Å². The van der Waals surface area contributed by atoms with E-state index >= 15 is 0 Å². The Labute approximate surface area is 124 Å². The number of nitrogens with zero attached hydrogens (tertiary/aromatic N) is 1. The molecule has 1 saturated carbocycles. The second-order valence-electron chi connectivity index (χ2n) is 5.68. The molecule has 0 atom stereocenters. The highest BCUT2D eigenvalue weighted by molar-refractivity contribution is 5.95. The zero-order valence-corrected chi connectivity index (χ0v) is 12.0. The van der Waals surface area contributed by atoms with Crippen molar-refractivity contribution in [2.24, 2.45) is 5.92 Å². The quantitative estimate of drug-likeness (QED) is 0.867. The largest absolute Gasteiger partial charge is 0.484 e. The van der Waals surface area contributed by atoms with Gasteiger partial charge in [-0.1, -0.05) is 6.07 Å². The lowest BCUT2D eigenvalue weighted by Gasteiger charge is -2.16. The number of hydrogen-bond acceptors (Lipinski definition) is 3. The molecule has 0 unspecified atom stereocenters. The average molecular weight is 288 g/mol. The monoisotopic (exact) mass is 288 g/mol. The number of nitrogens with one attached hydrogen (secondary N) is 1. The molecule has 0 radical (unpaired) electrons. The van der Waals surface area contributed by atoms with Crippen LogP contribution in [0.25, 0.3) is 0 Å². The van der Waals surface area contributed by atoms with Crippen LogP contribution >= 0.6 is 0 Å². The second-order valence-corrected chi connectivity index (χ2v) is 5.68. The fraction of sp³-hybridized carbons (Fsp3) is 0.500. The molecule has 1 heterocycles. The zero-order chi connectivity index (χ0) is 14.7. The highest BCUT2D eigenvalue weighted by Gasteiger charge is 2.22. The van der Waals surface area contributed by atoms with Gasteiger partial charge in [-0.15, -0.1) is 0 Å². The number of anilines is 1. The molecule has 5 heteroatoms. The third-order valence-electron chi connectivity index (χ3n) is 3.86. The Bertz CT molecular complexity index is 540. The van der Waals surface area contributed by atoms with Crippen LogP contribution < -0.4 is 15.0 Å². The van der Waals surface area contributed by atoms with Crippen molar-refractivity contribution >= 4 is 17.5 Å². The lowest BCUT2D eigenvalue weighted by atomic mass is 10.3. The van der Waals surface area contributed by atoms with Crippen LogP contribution in [0.4, 0.5) is 5.69 Å². The molecule has 3 rings (SSSR count). The zero-order valence-electron chi connectivity index (χ0n) is 12.0. The molecule has 0 aromatic heterocycles. The molecule has 1 aliphatic carbocycles. The maximum absolute atomic E-state index is 11.7. The van der Waals surface area contributed by atoms with E-state index in [1.54, 1.807) is 11.0 Å². The number of rotatable bonds is 6. The minimum Gasteiger partial charge on any atom is -0.484 e. The smallest absolute Gasteiger partial charge is 0.257 e. The molecule has 1 aromatic rings. The van der Waals surface area contributed by atoms with E-state index in [9.17, 15) is 9.59 Å².